The fourth-order valence-electron chi connectivity index (χ4n) is 2.23. The average molecular weight is 300 g/mol. The number of nitrogens with one attached hydrogen (secondary N) is 2. The molecule has 1 aromatic heterocycles. The second-order valence-electron chi connectivity index (χ2n) is 4.81. The van der Waals surface area contributed by atoms with Crippen molar-refractivity contribution >= 4 is 10.8 Å². The fraction of sp³-hybridized carbons (Fsp3) is 0.125. The average Bonchev–Trinajstić information content (AvgIpc) is 2.53. The van der Waals surface area contributed by atoms with Crippen molar-refractivity contribution in [1.82, 2.24) is 10.2 Å². The number of hydrogen-bond acceptors (Lipinski definition) is 3. The Hall–Kier alpha value is -2.89. The summed E-state index contributed by atoms with van der Waals surface area (Å²) in [6.07, 6.45) is 0.413. The molecule has 0 amide bonds. The number of ether oxygens (including phenoxy) is 1. The Bertz CT molecular complexity index is 930. The number of hydrogen-bond donors (Lipinski definition) is 2. The van der Waals surface area contributed by atoms with E-state index >= 15 is 0 Å². The number of H-pyrrole nitrogens is 2. The predicted octanol–water partition coefficient (Wildman–Crippen LogP) is 1.98. The molecule has 1 heterocycles. The molecule has 0 fully saturated rings. The monoisotopic (exact) mass is 300 g/mol. The molecule has 2 N–H and O–H groups in total. The van der Waals surface area contributed by atoms with E-state index in [0.29, 0.717) is 23.1 Å². The van der Waals surface area contributed by atoms with Gasteiger partial charge in [0.05, 0.1) is 17.4 Å². The highest BCUT2D eigenvalue weighted by Crippen LogP contribution is 2.16. The van der Waals surface area contributed by atoms with Gasteiger partial charge in [-0.15, -0.1) is 0 Å². The van der Waals surface area contributed by atoms with Gasteiger partial charge in [-0.05, 0) is 29.8 Å². The zero-order valence-electron chi connectivity index (χ0n) is 11.6. The second-order valence-corrected chi connectivity index (χ2v) is 4.81. The van der Waals surface area contributed by atoms with Gasteiger partial charge in [0, 0.05) is 6.42 Å². The molecule has 0 radical (unpaired) electrons. The molecular formula is C16H13FN2O3. The lowest BCUT2D eigenvalue weighted by Crippen LogP contribution is -2.18. The van der Waals surface area contributed by atoms with Crippen LogP contribution in [0.5, 0.6) is 5.75 Å². The van der Waals surface area contributed by atoms with Crippen molar-refractivity contribution in [3.63, 3.8) is 0 Å². The third-order valence-corrected chi connectivity index (χ3v) is 3.37. The summed E-state index contributed by atoms with van der Waals surface area (Å²) in [7, 11) is 0. The highest BCUT2D eigenvalue weighted by atomic mass is 19.1. The molecule has 0 spiro atoms. The SMILES string of the molecule is O=c1[nH][nH]c(=O)c2cc(OCCc3ccccc3F)ccc12. The third kappa shape index (κ3) is 2.76. The van der Waals surface area contributed by atoms with Gasteiger partial charge in [0.25, 0.3) is 11.1 Å². The van der Waals surface area contributed by atoms with Crippen molar-refractivity contribution in [3.8, 4) is 5.75 Å². The van der Waals surface area contributed by atoms with Gasteiger partial charge in [-0.2, -0.15) is 0 Å². The van der Waals surface area contributed by atoms with Gasteiger partial charge in [0.15, 0.2) is 0 Å². The van der Waals surface area contributed by atoms with Crippen LogP contribution < -0.4 is 15.9 Å². The number of aromatic amines is 2. The van der Waals surface area contributed by atoms with Gasteiger partial charge in [0.1, 0.15) is 11.6 Å². The number of aromatic nitrogens is 2. The van der Waals surface area contributed by atoms with E-state index in [4.69, 9.17) is 4.74 Å². The second kappa shape index (κ2) is 5.85. The van der Waals surface area contributed by atoms with Crippen molar-refractivity contribution in [2.75, 3.05) is 6.61 Å². The smallest absolute Gasteiger partial charge is 0.270 e. The first-order valence-electron chi connectivity index (χ1n) is 6.76. The Morgan fingerprint density at radius 2 is 1.68 bits per heavy atom. The Balaban J connectivity index is 1.78. The molecule has 5 nitrogen and oxygen atoms in total. The van der Waals surface area contributed by atoms with Crippen LogP contribution in [0.1, 0.15) is 5.56 Å². The molecule has 112 valence electrons. The summed E-state index contributed by atoms with van der Waals surface area (Å²) < 4.78 is 19.0. The summed E-state index contributed by atoms with van der Waals surface area (Å²) in [6.45, 7) is 0.271. The van der Waals surface area contributed by atoms with E-state index in [9.17, 15) is 14.0 Å². The molecule has 0 saturated heterocycles. The molecule has 6 heteroatoms. The highest BCUT2D eigenvalue weighted by molar-refractivity contribution is 5.81. The van der Waals surface area contributed by atoms with Gasteiger partial charge in [-0.1, -0.05) is 18.2 Å². The predicted molar refractivity (Wildman–Crippen MR) is 80.8 cm³/mol. The largest absolute Gasteiger partial charge is 0.493 e. The first-order chi connectivity index (χ1) is 10.6. The molecule has 0 aliphatic rings. The summed E-state index contributed by atoms with van der Waals surface area (Å²) >= 11 is 0. The van der Waals surface area contributed by atoms with Crippen LogP contribution in [0.25, 0.3) is 10.8 Å². The summed E-state index contributed by atoms with van der Waals surface area (Å²) in [5.74, 6) is 0.188. The number of fused-ring (bicyclic) bond motifs is 1. The van der Waals surface area contributed by atoms with Crippen molar-refractivity contribution in [1.29, 1.82) is 0 Å². The van der Waals surface area contributed by atoms with E-state index in [1.54, 1.807) is 24.3 Å². The normalized spacial score (nSPS) is 10.8. The van der Waals surface area contributed by atoms with E-state index in [1.807, 2.05) is 0 Å². The number of benzene rings is 2. The molecule has 0 aliphatic carbocycles. The van der Waals surface area contributed by atoms with E-state index in [0.717, 1.165) is 0 Å². The van der Waals surface area contributed by atoms with E-state index in [1.165, 1.54) is 18.2 Å². The van der Waals surface area contributed by atoms with E-state index in [-0.39, 0.29) is 23.4 Å². The lowest BCUT2D eigenvalue weighted by molar-refractivity contribution is 0.320. The van der Waals surface area contributed by atoms with Crippen molar-refractivity contribution in [2.45, 2.75) is 6.42 Å². The van der Waals surface area contributed by atoms with Crippen LogP contribution >= 0.6 is 0 Å². The van der Waals surface area contributed by atoms with Crippen LogP contribution in [0.2, 0.25) is 0 Å². The molecule has 0 unspecified atom stereocenters. The molecule has 3 aromatic rings. The summed E-state index contributed by atoms with van der Waals surface area (Å²) in [5.41, 5.74) is -0.195. The standard InChI is InChI=1S/C16H13FN2O3/c17-14-4-2-1-3-10(14)7-8-22-11-5-6-12-13(9-11)16(21)19-18-15(12)20/h1-6,9H,7-8H2,(H,18,20)(H,19,21). The zero-order chi connectivity index (χ0) is 15.5. The minimum absolute atomic E-state index is 0.257. The number of halogens is 1. The minimum atomic E-state index is -0.394. The Kier molecular flexibility index (Phi) is 3.74. The zero-order valence-corrected chi connectivity index (χ0v) is 11.6. The molecular weight excluding hydrogens is 287 g/mol. The first-order valence-corrected chi connectivity index (χ1v) is 6.76. The van der Waals surface area contributed by atoms with Crippen molar-refractivity contribution < 1.29 is 9.13 Å². The summed E-state index contributed by atoms with van der Waals surface area (Å²) in [6, 6.07) is 11.1. The van der Waals surface area contributed by atoms with Gasteiger partial charge >= 0.3 is 0 Å². The van der Waals surface area contributed by atoms with Crippen molar-refractivity contribution in [3.05, 3.63) is 74.6 Å². The molecule has 22 heavy (non-hydrogen) atoms. The Morgan fingerprint density at radius 3 is 2.45 bits per heavy atom. The Labute approximate surface area is 124 Å². The molecule has 3 rings (SSSR count). The quantitative estimate of drug-likeness (QED) is 0.773. The maximum Gasteiger partial charge on any atom is 0.270 e. The maximum atomic E-state index is 13.5. The van der Waals surface area contributed by atoms with Crippen molar-refractivity contribution in [2.24, 2.45) is 0 Å². The Morgan fingerprint density at radius 1 is 0.955 bits per heavy atom. The third-order valence-electron chi connectivity index (χ3n) is 3.37. The molecule has 0 aliphatic heterocycles. The summed E-state index contributed by atoms with van der Waals surface area (Å²) in [5, 5.41) is 5.07. The lowest BCUT2D eigenvalue weighted by atomic mass is 10.1. The van der Waals surface area contributed by atoms with Crippen LogP contribution in [0.3, 0.4) is 0 Å². The number of rotatable bonds is 4. The topological polar surface area (TPSA) is 75.0 Å². The van der Waals surface area contributed by atoms with Crippen LogP contribution in [0.15, 0.2) is 52.1 Å². The molecule has 2 aromatic carbocycles. The minimum Gasteiger partial charge on any atom is -0.493 e. The van der Waals surface area contributed by atoms with Gasteiger partial charge in [0.2, 0.25) is 0 Å². The van der Waals surface area contributed by atoms with Crippen LogP contribution in [-0.4, -0.2) is 16.8 Å². The van der Waals surface area contributed by atoms with Gasteiger partial charge in [-0.25, -0.2) is 4.39 Å². The first kappa shape index (κ1) is 14.1. The molecule has 0 bridgehead atoms. The van der Waals surface area contributed by atoms with Gasteiger partial charge < -0.3 is 4.74 Å². The van der Waals surface area contributed by atoms with Gasteiger partial charge in [-0.3, -0.25) is 19.8 Å². The van der Waals surface area contributed by atoms with Crippen LogP contribution in [0.4, 0.5) is 4.39 Å². The van der Waals surface area contributed by atoms with E-state index in [2.05, 4.69) is 10.2 Å². The maximum absolute atomic E-state index is 13.5. The molecule has 0 atom stereocenters. The van der Waals surface area contributed by atoms with E-state index < -0.39 is 5.56 Å². The highest BCUT2D eigenvalue weighted by Gasteiger charge is 2.05. The fourth-order valence-corrected chi connectivity index (χ4v) is 2.23. The molecule has 0 saturated carbocycles. The lowest BCUT2D eigenvalue weighted by Gasteiger charge is -2.07. The summed E-state index contributed by atoms with van der Waals surface area (Å²) in [4.78, 5) is 23.3. The van der Waals surface area contributed by atoms with Crippen LogP contribution in [-0.2, 0) is 6.42 Å². The van der Waals surface area contributed by atoms with Crippen LogP contribution in [0, 0.1) is 5.82 Å².